The average Bonchev–Trinajstić information content (AvgIpc) is 2.91. The quantitative estimate of drug-likeness (QED) is 0.936. The Morgan fingerprint density at radius 2 is 1.91 bits per heavy atom. The van der Waals surface area contributed by atoms with Crippen LogP contribution < -0.4 is 10.2 Å². The molecule has 6 heteroatoms. The molecule has 0 bridgehead atoms. The van der Waals surface area contributed by atoms with Gasteiger partial charge in [-0.3, -0.25) is 14.9 Å². The van der Waals surface area contributed by atoms with Gasteiger partial charge in [0.2, 0.25) is 17.8 Å². The number of nitrogens with zero attached hydrogens (tertiary/aromatic N) is 3. The van der Waals surface area contributed by atoms with Crippen molar-refractivity contribution in [1.29, 1.82) is 0 Å². The zero-order chi connectivity index (χ0) is 15.5. The maximum absolute atomic E-state index is 12.2. The lowest BCUT2D eigenvalue weighted by Crippen LogP contribution is -2.28. The standard InChI is InChI=1S/C16H16N4O2/c1-11-3-5-13(6-4-11)20-10-12(9-14(20)21)15(22)19-16-17-7-2-8-18-16/h2-8,12H,9-10H2,1H3,(H,17,18,19,22)/t12-/m1/s1. The van der Waals surface area contributed by atoms with Crippen LogP contribution in [0.3, 0.4) is 0 Å². The molecule has 1 N–H and O–H groups in total. The zero-order valence-corrected chi connectivity index (χ0v) is 12.2. The van der Waals surface area contributed by atoms with E-state index in [1.807, 2.05) is 31.2 Å². The van der Waals surface area contributed by atoms with Gasteiger partial charge in [-0.15, -0.1) is 0 Å². The van der Waals surface area contributed by atoms with Gasteiger partial charge in [0.15, 0.2) is 0 Å². The van der Waals surface area contributed by atoms with Crippen LogP contribution in [0.25, 0.3) is 0 Å². The summed E-state index contributed by atoms with van der Waals surface area (Å²) in [5.41, 5.74) is 1.95. The Balaban J connectivity index is 1.69. The van der Waals surface area contributed by atoms with E-state index in [9.17, 15) is 9.59 Å². The molecule has 1 aliphatic rings. The van der Waals surface area contributed by atoms with Crippen molar-refractivity contribution in [2.75, 3.05) is 16.8 Å². The summed E-state index contributed by atoms with van der Waals surface area (Å²) in [7, 11) is 0. The second-order valence-corrected chi connectivity index (χ2v) is 5.30. The third-order valence-electron chi connectivity index (χ3n) is 3.64. The third kappa shape index (κ3) is 2.95. The highest BCUT2D eigenvalue weighted by molar-refractivity contribution is 6.03. The van der Waals surface area contributed by atoms with Crippen molar-refractivity contribution in [3.05, 3.63) is 48.3 Å². The molecule has 2 heterocycles. The maximum Gasteiger partial charge on any atom is 0.232 e. The minimum absolute atomic E-state index is 0.0435. The van der Waals surface area contributed by atoms with Crippen molar-refractivity contribution in [3.8, 4) is 0 Å². The molecule has 3 rings (SSSR count). The lowest BCUT2D eigenvalue weighted by molar-refractivity contribution is -0.122. The van der Waals surface area contributed by atoms with Gasteiger partial charge in [0, 0.05) is 31.0 Å². The first-order valence-electron chi connectivity index (χ1n) is 7.08. The smallest absolute Gasteiger partial charge is 0.232 e. The van der Waals surface area contributed by atoms with Crippen molar-refractivity contribution in [2.45, 2.75) is 13.3 Å². The van der Waals surface area contributed by atoms with Crippen molar-refractivity contribution in [1.82, 2.24) is 9.97 Å². The van der Waals surface area contributed by atoms with Gasteiger partial charge in [0.05, 0.1) is 5.92 Å². The average molecular weight is 296 g/mol. The van der Waals surface area contributed by atoms with Gasteiger partial charge in [0.25, 0.3) is 0 Å². The second-order valence-electron chi connectivity index (χ2n) is 5.30. The van der Waals surface area contributed by atoms with E-state index < -0.39 is 5.92 Å². The molecule has 1 saturated heterocycles. The number of nitrogens with one attached hydrogen (secondary N) is 1. The fraction of sp³-hybridized carbons (Fsp3) is 0.250. The number of amides is 2. The fourth-order valence-electron chi connectivity index (χ4n) is 2.43. The normalized spacial score (nSPS) is 17.6. The third-order valence-corrected chi connectivity index (χ3v) is 3.64. The van der Waals surface area contributed by atoms with E-state index in [4.69, 9.17) is 0 Å². The fourth-order valence-corrected chi connectivity index (χ4v) is 2.43. The minimum atomic E-state index is -0.391. The topological polar surface area (TPSA) is 75.2 Å². The Morgan fingerprint density at radius 1 is 1.23 bits per heavy atom. The lowest BCUT2D eigenvalue weighted by atomic mass is 10.1. The number of benzene rings is 1. The van der Waals surface area contributed by atoms with Gasteiger partial charge in [-0.1, -0.05) is 17.7 Å². The van der Waals surface area contributed by atoms with Gasteiger partial charge in [-0.25, -0.2) is 9.97 Å². The molecule has 1 aliphatic heterocycles. The monoisotopic (exact) mass is 296 g/mol. The highest BCUT2D eigenvalue weighted by atomic mass is 16.2. The van der Waals surface area contributed by atoms with Gasteiger partial charge in [-0.05, 0) is 25.1 Å². The molecule has 1 aromatic carbocycles. The van der Waals surface area contributed by atoms with Gasteiger partial charge in [0.1, 0.15) is 0 Å². The van der Waals surface area contributed by atoms with E-state index in [1.54, 1.807) is 23.4 Å². The summed E-state index contributed by atoms with van der Waals surface area (Å²) in [5, 5.41) is 2.65. The largest absolute Gasteiger partial charge is 0.312 e. The van der Waals surface area contributed by atoms with Crippen LogP contribution in [0.2, 0.25) is 0 Å². The van der Waals surface area contributed by atoms with Gasteiger partial charge < -0.3 is 4.90 Å². The molecule has 2 amide bonds. The zero-order valence-electron chi connectivity index (χ0n) is 12.2. The van der Waals surface area contributed by atoms with Crippen LogP contribution in [-0.4, -0.2) is 28.3 Å². The minimum Gasteiger partial charge on any atom is -0.312 e. The number of carbonyl (C=O) groups is 2. The summed E-state index contributed by atoms with van der Waals surface area (Å²) in [5.74, 6) is -0.404. The molecular weight excluding hydrogens is 280 g/mol. The molecule has 1 atom stereocenters. The van der Waals surface area contributed by atoms with E-state index in [0.29, 0.717) is 6.54 Å². The van der Waals surface area contributed by atoms with Crippen molar-refractivity contribution in [3.63, 3.8) is 0 Å². The summed E-state index contributed by atoms with van der Waals surface area (Å²) in [6, 6.07) is 9.37. The predicted molar refractivity (Wildman–Crippen MR) is 82.3 cm³/mol. The summed E-state index contributed by atoms with van der Waals surface area (Å²) in [4.78, 5) is 33.9. The Hall–Kier alpha value is -2.76. The Morgan fingerprint density at radius 3 is 2.59 bits per heavy atom. The Bertz CT molecular complexity index is 685. The molecule has 22 heavy (non-hydrogen) atoms. The van der Waals surface area contributed by atoms with E-state index in [2.05, 4.69) is 15.3 Å². The summed E-state index contributed by atoms with van der Waals surface area (Å²) >= 11 is 0. The van der Waals surface area contributed by atoms with E-state index in [-0.39, 0.29) is 24.2 Å². The molecule has 0 unspecified atom stereocenters. The first-order valence-corrected chi connectivity index (χ1v) is 7.08. The highest BCUT2D eigenvalue weighted by Crippen LogP contribution is 2.25. The molecule has 112 valence electrons. The predicted octanol–water partition coefficient (Wildman–Crippen LogP) is 1.78. The molecule has 1 fully saturated rings. The summed E-state index contributed by atoms with van der Waals surface area (Å²) in [6.45, 7) is 2.37. The summed E-state index contributed by atoms with van der Waals surface area (Å²) in [6.07, 6.45) is 3.31. The number of hydrogen-bond donors (Lipinski definition) is 1. The van der Waals surface area contributed by atoms with Gasteiger partial charge in [-0.2, -0.15) is 0 Å². The number of rotatable bonds is 3. The van der Waals surface area contributed by atoms with Gasteiger partial charge >= 0.3 is 0 Å². The van der Waals surface area contributed by atoms with Crippen LogP contribution in [0.15, 0.2) is 42.7 Å². The molecule has 2 aromatic rings. The van der Waals surface area contributed by atoms with Crippen LogP contribution in [-0.2, 0) is 9.59 Å². The Kier molecular flexibility index (Phi) is 3.82. The van der Waals surface area contributed by atoms with E-state index in [0.717, 1.165) is 11.3 Å². The summed E-state index contributed by atoms with van der Waals surface area (Å²) < 4.78 is 0. The lowest BCUT2D eigenvalue weighted by Gasteiger charge is -2.16. The Labute approximate surface area is 128 Å². The first kappa shape index (κ1) is 14.2. The van der Waals surface area contributed by atoms with Crippen molar-refractivity contribution in [2.24, 2.45) is 5.92 Å². The number of anilines is 2. The van der Waals surface area contributed by atoms with Crippen LogP contribution in [0.1, 0.15) is 12.0 Å². The molecule has 0 spiro atoms. The van der Waals surface area contributed by atoms with Crippen LogP contribution in [0.4, 0.5) is 11.6 Å². The molecule has 0 saturated carbocycles. The first-order chi connectivity index (χ1) is 10.6. The molecule has 0 aliphatic carbocycles. The molecular formula is C16H16N4O2. The van der Waals surface area contributed by atoms with E-state index in [1.165, 1.54) is 0 Å². The van der Waals surface area contributed by atoms with Crippen LogP contribution in [0, 0.1) is 12.8 Å². The molecule has 1 aromatic heterocycles. The second kappa shape index (κ2) is 5.93. The van der Waals surface area contributed by atoms with E-state index >= 15 is 0 Å². The number of carbonyl (C=O) groups excluding carboxylic acids is 2. The van der Waals surface area contributed by atoms with Crippen LogP contribution in [0.5, 0.6) is 0 Å². The van der Waals surface area contributed by atoms with Crippen molar-refractivity contribution >= 4 is 23.5 Å². The number of hydrogen-bond acceptors (Lipinski definition) is 4. The number of aryl methyl sites for hydroxylation is 1. The highest BCUT2D eigenvalue weighted by Gasteiger charge is 2.35. The molecule has 6 nitrogen and oxygen atoms in total. The van der Waals surface area contributed by atoms with Crippen molar-refractivity contribution < 1.29 is 9.59 Å². The maximum atomic E-state index is 12.2. The number of aromatic nitrogens is 2. The molecule has 0 radical (unpaired) electrons. The SMILES string of the molecule is Cc1ccc(N2C[C@H](C(=O)Nc3ncccn3)CC2=O)cc1. The van der Waals surface area contributed by atoms with Crippen LogP contribution >= 0.6 is 0 Å².